The van der Waals surface area contributed by atoms with Crippen LogP contribution in [0.25, 0.3) is 0 Å². The molecule has 0 aliphatic heterocycles. The van der Waals surface area contributed by atoms with Gasteiger partial charge in [0.15, 0.2) is 0 Å². The molecule has 1 amide bonds. The predicted molar refractivity (Wildman–Crippen MR) is 278 cm³/mol. The molecule has 0 fully saturated rings. The molecule has 2 unspecified atom stereocenters. The van der Waals surface area contributed by atoms with Gasteiger partial charge in [0.05, 0.1) is 25.4 Å². The van der Waals surface area contributed by atoms with Gasteiger partial charge in [0, 0.05) is 12.8 Å². The highest BCUT2D eigenvalue weighted by atomic mass is 16.5. The van der Waals surface area contributed by atoms with E-state index in [2.05, 4.69) is 43.5 Å². The molecule has 0 aliphatic carbocycles. The number of carbonyl (C=O) groups is 2. The van der Waals surface area contributed by atoms with Gasteiger partial charge in [-0.3, -0.25) is 9.59 Å². The van der Waals surface area contributed by atoms with Gasteiger partial charge < -0.3 is 20.3 Å². The zero-order chi connectivity index (χ0) is 46.5. The molecule has 0 heterocycles. The molecule has 0 saturated heterocycles. The van der Waals surface area contributed by atoms with Crippen molar-refractivity contribution in [2.24, 2.45) is 0 Å². The molecule has 0 rings (SSSR count). The molecule has 6 nitrogen and oxygen atoms in total. The smallest absolute Gasteiger partial charge is 0.305 e. The number of amides is 1. The third-order valence-electron chi connectivity index (χ3n) is 12.9. The Hall–Kier alpha value is -1.92. The van der Waals surface area contributed by atoms with Crippen LogP contribution in [0.5, 0.6) is 0 Å². The molecule has 64 heavy (non-hydrogen) atoms. The maximum atomic E-state index is 12.5. The van der Waals surface area contributed by atoms with E-state index in [4.69, 9.17) is 4.74 Å². The number of aliphatic hydroxyl groups excluding tert-OH is 2. The van der Waals surface area contributed by atoms with Gasteiger partial charge in [0.1, 0.15) is 0 Å². The summed E-state index contributed by atoms with van der Waals surface area (Å²) >= 11 is 0. The summed E-state index contributed by atoms with van der Waals surface area (Å²) in [6.45, 7) is 4.85. The number of esters is 1. The Morgan fingerprint density at radius 2 is 0.781 bits per heavy atom. The molecule has 0 spiro atoms. The first kappa shape index (κ1) is 62.1. The van der Waals surface area contributed by atoms with Crippen molar-refractivity contribution in [1.82, 2.24) is 5.32 Å². The minimum absolute atomic E-state index is 0.0185. The van der Waals surface area contributed by atoms with Crippen molar-refractivity contribution < 1.29 is 24.5 Å². The fourth-order valence-corrected chi connectivity index (χ4v) is 8.55. The summed E-state index contributed by atoms with van der Waals surface area (Å²) in [6, 6.07) is -0.641. The second-order valence-electron chi connectivity index (χ2n) is 19.3. The van der Waals surface area contributed by atoms with Gasteiger partial charge in [-0.2, -0.15) is 0 Å². The zero-order valence-electron chi connectivity index (χ0n) is 42.8. The Morgan fingerprint density at radius 1 is 0.438 bits per heavy atom. The van der Waals surface area contributed by atoms with Crippen molar-refractivity contribution in [3.05, 3.63) is 36.5 Å². The van der Waals surface area contributed by atoms with E-state index >= 15 is 0 Å². The first-order valence-electron chi connectivity index (χ1n) is 28.3. The number of allylic oxidation sites excluding steroid dienone is 5. The quantitative estimate of drug-likeness (QED) is 0.0321. The largest absolute Gasteiger partial charge is 0.466 e. The molecular weight excluding hydrogens is 791 g/mol. The molecule has 0 aliphatic rings. The van der Waals surface area contributed by atoms with E-state index < -0.39 is 12.1 Å². The second kappa shape index (κ2) is 53.7. The highest BCUT2D eigenvalue weighted by Crippen LogP contribution is 2.16. The molecule has 0 saturated carbocycles. The van der Waals surface area contributed by atoms with Gasteiger partial charge in [-0.05, 0) is 64.2 Å². The lowest BCUT2D eigenvalue weighted by atomic mass is 10.0. The number of hydrogen-bond acceptors (Lipinski definition) is 5. The number of nitrogens with one attached hydrogen (secondary N) is 1. The topological polar surface area (TPSA) is 95.9 Å². The Balaban J connectivity index is 3.49. The van der Waals surface area contributed by atoms with Crippen LogP contribution >= 0.6 is 0 Å². The van der Waals surface area contributed by atoms with Gasteiger partial charge in [0.25, 0.3) is 0 Å². The van der Waals surface area contributed by atoms with Crippen LogP contribution in [0.4, 0.5) is 0 Å². The number of hydrogen-bond donors (Lipinski definition) is 3. The Kier molecular flexibility index (Phi) is 52.1. The van der Waals surface area contributed by atoms with E-state index in [1.807, 2.05) is 6.08 Å². The summed E-state index contributed by atoms with van der Waals surface area (Å²) in [4.78, 5) is 24.5. The van der Waals surface area contributed by atoms with Gasteiger partial charge in [-0.15, -0.1) is 0 Å². The van der Waals surface area contributed by atoms with E-state index in [-0.39, 0.29) is 18.5 Å². The third kappa shape index (κ3) is 49.5. The average molecular weight is 901 g/mol. The number of carbonyl (C=O) groups excluding carboxylic acids is 2. The van der Waals surface area contributed by atoms with Crippen molar-refractivity contribution in [3.8, 4) is 0 Å². The molecule has 0 bridgehead atoms. The Bertz CT molecular complexity index is 1040. The zero-order valence-corrected chi connectivity index (χ0v) is 42.8. The van der Waals surface area contributed by atoms with Crippen LogP contribution in [-0.2, 0) is 14.3 Å². The van der Waals surface area contributed by atoms with Crippen molar-refractivity contribution in [1.29, 1.82) is 0 Å². The van der Waals surface area contributed by atoms with E-state index in [0.717, 1.165) is 64.2 Å². The number of aliphatic hydroxyl groups is 2. The summed E-state index contributed by atoms with van der Waals surface area (Å²) in [5.74, 6) is -0.101. The molecule has 6 heteroatoms. The van der Waals surface area contributed by atoms with Crippen LogP contribution in [0.3, 0.4) is 0 Å². The number of rotatable bonds is 52. The molecule has 0 aromatic carbocycles. The SMILES string of the molecule is CCCCC/C=C\C/C=C\CCCCCCCCCC(=O)OCCCCCCCCCCCCCCC(=O)NC(CO)C(O)/C=C/CCCCCCCCCCCCCCCCCC. The first-order valence-corrected chi connectivity index (χ1v) is 28.3. The Morgan fingerprint density at radius 3 is 1.22 bits per heavy atom. The average Bonchev–Trinajstić information content (AvgIpc) is 3.29. The monoisotopic (exact) mass is 900 g/mol. The minimum Gasteiger partial charge on any atom is -0.466 e. The molecule has 2 atom stereocenters. The third-order valence-corrected chi connectivity index (χ3v) is 12.9. The van der Waals surface area contributed by atoms with Crippen molar-refractivity contribution in [2.45, 2.75) is 309 Å². The van der Waals surface area contributed by atoms with Crippen molar-refractivity contribution in [3.63, 3.8) is 0 Å². The lowest BCUT2D eigenvalue weighted by Gasteiger charge is -2.20. The van der Waals surface area contributed by atoms with Crippen molar-refractivity contribution in [2.75, 3.05) is 13.2 Å². The number of unbranched alkanes of at least 4 members (excludes halogenated alkanes) is 37. The highest BCUT2D eigenvalue weighted by molar-refractivity contribution is 5.76. The van der Waals surface area contributed by atoms with Crippen LogP contribution in [0.1, 0.15) is 296 Å². The van der Waals surface area contributed by atoms with Crippen molar-refractivity contribution >= 4 is 11.9 Å². The highest BCUT2D eigenvalue weighted by Gasteiger charge is 2.18. The fourth-order valence-electron chi connectivity index (χ4n) is 8.55. The summed E-state index contributed by atoms with van der Waals surface area (Å²) in [7, 11) is 0. The molecule has 3 N–H and O–H groups in total. The van der Waals surface area contributed by atoms with Crippen LogP contribution in [0.15, 0.2) is 36.5 Å². The van der Waals surface area contributed by atoms with Gasteiger partial charge in [-0.1, -0.05) is 256 Å². The molecule has 376 valence electrons. The maximum absolute atomic E-state index is 12.5. The van der Waals surface area contributed by atoms with Gasteiger partial charge in [-0.25, -0.2) is 0 Å². The lowest BCUT2D eigenvalue weighted by Crippen LogP contribution is -2.45. The summed E-state index contributed by atoms with van der Waals surface area (Å²) in [6.07, 6.45) is 65.8. The van der Waals surface area contributed by atoms with Gasteiger partial charge in [0.2, 0.25) is 5.91 Å². The van der Waals surface area contributed by atoms with Crippen LogP contribution in [0, 0.1) is 0 Å². The predicted octanol–water partition coefficient (Wildman–Crippen LogP) is 17.2. The first-order chi connectivity index (χ1) is 31.5. The number of ether oxygens (including phenoxy) is 1. The van der Waals surface area contributed by atoms with E-state index in [9.17, 15) is 19.8 Å². The standard InChI is InChI=1S/C58H109NO5/c1-3-5-7-9-11-13-15-17-19-21-23-24-26-30-34-38-42-46-50-56(61)55(54-60)59-57(62)51-47-43-39-35-31-28-29-33-37-41-45-49-53-64-58(63)52-48-44-40-36-32-27-25-22-20-18-16-14-12-10-8-6-4-2/h12,14,18,20,46,50,55-56,60-61H,3-11,13,15-17,19,21-45,47-49,51-54H2,1-2H3,(H,59,62)/b14-12-,20-18-,50-46+. The summed E-state index contributed by atoms with van der Waals surface area (Å²) < 4.78 is 5.47. The summed E-state index contributed by atoms with van der Waals surface area (Å²) in [5, 5.41) is 23.1. The van der Waals surface area contributed by atoms with E-state index in [1.165, 1.54) is 205 Å². The van der Waals surface area contributed by atoms with Gasteiger partial charge >= 0.3 is 5.97 Å². The fraction of sp³-hybridized carbons (Fsp3) is 0.862. The molecular formula is C58H109NO5. The van der Waals surface area contributed by atoms with E-state index in [0.29, 0.717) is 19.4 Å². The molecule has 0 aromatic rings. The minimum atomic E-state index is -0.856. The molecule has 0 aromatic heterocycles. The van der Waals surface area contributed by atoms with Crippen LogP contribution in [0.2, 0.25) is 0 Å². The molecule has 0 radical (unpaired) electrons. The second-order valence-corrected chi connectivity index (χ2v) is 19.3. The lowest BCUT2D eigenvalue weighted by molar-refractivity contribution is -0.143. The maximum Gasteiger partial charge on any atom is 0.305 e. The Labute approximate surface area is 398 Å². The normalized spacial score (nSPS) is 12.9. The van der Waals surface area contributed by atoms with E-state index in [1.54, 1.807) is 6.08 Å². The van der Waals surface area contributed by atoms with Crippen LogP contribution < -0.4 is 5.32 Å². The summed E-state index contributed by atoms with van der Waals surface area (Å²) in [5.41, 5.74) is 0. The van der Waals surface area contributed by atoms with Crippen LogP contribution in [-0.4, -0.2) is 47.4 Å².